The van der Waals surface area contributed by atoms with Gasteiger partial charge in [0.15, 0.2) is 0 Å². The number of carboxylic acids is 1. The Labute approximate surface area is 89.9 Å². The molecular weight excluding hydrogens is 196 g/mol. The lowest BCUT2D eigenvalue weighted by Gasteiger charge is -2.45. The molecule has 0 aromatic heterocycles. The minimum Gasteiger partial charge on any atom is -0.481 e. The van der Waals surface area contributed by atoms with Crippen LogP contribution in [-0.2, 0) is 4.79 Å². The Hall–Kier alpha value is -0.610. The molecule has 1 saturated carbocycles. The lowest BCUT2D eigenvalue weighted by Crippen LogP contribution is -2.49. The third-order valence-corrected chi connectivity index (χ3v) is 3.91. The number of aliphatic hydroxyl groups is 2. The number of carbonyl (C=O) groups is 1. The molecule has 0 atom stereocenters. The fourth-order valence-corrected chi connectivity index (χ4v) is 2.43. The maximum Gasteiger partial charge on any atom is 0.310 e. The molecule has 0 amide bonds. The van der Waals surface area contributed by atoms with Gasteiger partial charge < -0.3 is 15.3 Å². The van der Waals surface area contributed by atoms with Gasteiger partial charge in [0.2, 0.25) is 0 Å². The van der Waals surface area contributed by atoms with Gasteiger partial charge in [0.05, 0.1) is 11.5 Å². The van der Waals surface area contributed by atoms with E-state index in [4.69, 9.17) is 0 Å². The van der Waals surface area contributed by atoms with Crippen molar-refractivity contribution in [2.24, 2.45) is 10.8 Å². The van der Waals surface area contributed by atoms with E-state index in [1.54, 1.807) is 13.8 Å². The predicted octanol–water partition coefficient (Wildman–Crippen LogP) is 1.01. The number of carboxylic acid groups (broad SMARTS) is 1. The maximum atomic E-state index is 11.4. The second-order valence-electron chi connectivity index (χ2n) is 5.16. The Kier molecular flexibility index (Phi) is 3.41. The lowest BCUT2D eigenvalue weighted by atomic mass is 9.58. The number of hydrogen-bond donors (Lipinski definition) is 3. The molecule has 1 fully saturated rings. The van der Waals surface area contributed by atoms with Crippen LogP contribution in [0.25, 0.3) is 0 Å². The Morgan fingerprint density at radius 3 is 2.20 bits per heavy atom. The van der Waals surface area contributed by atoms with Gasteiger partial charge in [-0.25, -0.2) is 0 Å². The van der Waals surface area contributed by atoms with E-state index in [1.165, 1.54) is 0 Å². The molecule has 0 heterocycles. The van der Waals surface area contributed by atoms with E-state index in [0.717, 1.165) is 0 Å². The maximum absolute atomic E-state index is 11.4. The molecule has 0 saturated heterocycles. The van der Waals surface area contributed by atoms with E-state index >= 15 is 0 Å². The van der Waals surface area contributed by atoms with E-state index in [-0.39, 0.29) is 12.7 Å². The third kappa shape index (κ3) is 2.01. The Morgan fingerprint density at radius 1 is 1.40 bits per heavy atom. The van der Waals surface area contributed by atoms with Crippen molar-refractivity contribution in [2.45, 2.75) is 45.6 Å². The average Bonchev–Trinajstić information content (AvgIpc) is 2.18. The molecule has 0 aromatic rings. The van der Waals surface area contributed by atoms with Crippen LogP contribution in [0, 0.1) is 10.8 Å². The molecule has 0 aliphatic heterocycles. The molecule has 4 heteroatoms. The zero-order chi connectivity index (χ0) is 11.7. The van der Waals surface area contributed by atoms with Gasteiger partial charge in [-0.3, -0.25) is 4.79 Å². The number of rotatable bonds is 3. The number of aliphatic carboxylic acids is 1. The fourth-order valence-electron chi connectivity index (χ4n) is 2.43. The molecule has 1 aliphatic carbocycles. The minimum atomic E-state index is -0.888. The minimum absolute atomic E-state index is 0.143. The summed E-state index contributed by atoms with van der Waals surface area (Å²) in [7, 11) is 0. The Bertz CT molecular complexity index is 239. The first-order valence-corrected chi connectivity index (χ1v) is 5.38. The van der Waals surface area contributed by atoms with Crippen LogP contribution in [0.3, 0.4) is 0 Å². The summed E-state index contributed by atoms with van der Waals surface area (Å²) in [4.78, 5) is 11.4. The van der Waals surface area contributed by atoms with E-state index in [1.807, 2.05) is 0 Å². The number of hydrogen-bond acceptors (Lipinski definition) is 3. The van der Waals surface area contributed by atoms with E-state index in [9.17, 15) is 20.1 Å². The van der Waals surface area contributed by atoms with Gasteiger partial charge in [0.25, 0.3) is 0 Å². The van der Waals surface area contributed by atoms with Gasteiger partial charge in [0.1, 0.15) is 0 Å². The van der Waals surface area contributed by atoms with Gasteiger partial charge in [0, 0.05) is 12.0 Å². The summed E-state index contributed by atoms with van der Waals surface area (Å²) in [5, 5.41) is 28.1. The third-order valence-electron chi connectivity index (χ3n) is 3.91. The lowest BCUT2D eigenvalue weighted by molar-refractivity contribution is -0.165. The first-order chi connectivity index (χ1) is 6.85. The monoisotopic (exact) mass is 216 g/mol. The summed E-state index contributed by atoms with van der Waals surface area (Å²) in [5.74, 6) is -0.853. The standard InChI is InChI=1S/C11H20O4/c1-10(2,7-12)11(9(14)15)5-3-8(13)4-6-11/h8,12-13H,3-7H2,1-2H3,(H,14,15). The quantitative estimate of drug-likeness (QED) is 0.658. The fraction of sp³-hybridized carbons (Fsp3) is 0.909. The topological polar surface area (TPSA) is 77.8 Å². The highest BCUT2D eigenvalue weighted by Crippen LogP contribution is 2.49. The molecule has 88 valence electrons. The van der Waals surface area contributed by atoms with Crippen molar-refractivity contribution in [3.05, 3.63) is 0 Å². The first kappa shape index (κ1) is 12.5. The van der Waals surface area contributed by atoms with Crippen molar-refractivity contribution in [2.75, 3.05) is 6.61 Å². The van der Waals surface area contributed by atoms with Crippen LogP contribution >= 0.6 is 0 Å². The van der Waals surface area contributed by atoms with E-state index in [0.29, 0.717) is 25.7 Å². The summed E-state index contributed by atoms with van der Waals surface area (Å²) in [6, 6.07) is 0. The molecule has 0 unspecified atom stereocenters. The summed E-state index contributed by atoms with van der Waals surface area (Å²) < 4.78 is 0. The van der Waals surface area contributed by atoms with Crippen LogP contribution in [0.5, 0.6) is 0 Å². The SMILES string of the molecule is CC(C)(CO)C1(C(=O)O)CCC(O)CC1. The van der Waals surface area contributed by atoms with Crippen LogP contribution in [0.4, 0.5) is 0 Å². The second-order valence-corrected chi connectivity index (χ2v) is 5.16. The molecule has 15 heavy (non-hydrogen) atoms. The predicted molar refractivity (Wildman–Crippen MR) is 55.4 cm³/mol. The molecule has 1 rings (SSSR count). The normalized spacial score (nSPS) is 32.7. The van der Waals surface area contributed by atoms with Gasteiger partial charge >= 0.3 is 5.97 Å². The molecule has 0 spiro atoms. The van der Waals surface area contributed by atoms with Crippen molar-refractivity contribution < 1.29 is 20.1 Å². The highest BCUT2D eigenvalue weighted by atomic mass is 16.4. The summed E-state index contributed by atoms with van der Waals surface area (Å²) in [6.45, 7) is 3.41. The van der Waals surface area contributed by atoms with Crippen molar-refractivity contribution >= 4 is 5.97 Å². The van der Waals surface area contributed by atoms with Crippen LogP contribution in [0.15, 0.2) is 0 Å². The van der Waals surface area contributed by atoms with E-state index in [2.05, 4.69) is 0 Å². The highest BCUT2D eigenvalue weighted by Gasteiger charge is 2.52. The Morgan fingerprint density at radius 2 is 1.87 bits per heavy atom. The zero-order valence-electron chi connectivity index (χ0n) is 9.36. The molecular formula is C11H20O4. The largest absolute Gasteiger partial charge is 0.481 e. The van der Waals surface area contributed by atoms with Crippen molar-refractivity contribution in [3.8, 4) is 0 Å². The molecule has 0 radical (unpaired) electrons. The van der Waals surface area contributed by atoms with Crippen molar-refractivity contribution in [3.63, 3.8) is 0 Å². The summed E-state index contributed by atoms with van der Waals surface area (Å²) >= 11 is 0. The highest BCUT2D eigenvalue weighted by molar-refractivity contribution is 5.76. The van der Waals surface area contributed by atoms with Gasteiger partial charge in [-0.05, 0) is 25.7 Å². The van der Waals surface area contributed by atoms with Crippen LogP contribution < -0.4 is 0 Å². The van der Waals surface area contributed by atoms with Gasteiger partial charge in [-0.1, -0.05) is 13.8 Å². The van der Waals surface area contributed by atoms with Crippen LogP contribution in [0.2, 0.25) is 0 Å². The second kappa shape index (κ2) is 4.10. The summed E-state index contributed by atoms with van der Waals surface area (Å²) in [6.07, 6.45) is 1.52. The zero-order valence-corrected chi connectivity index (χ0v) is 9.36. The average molecular weight is 216 g/mol. The molecule has 4 nitrogen and oxygen atoms in total. The van der Waals surface area contributed by atoms with Crippen molar-refractivity contribution in [1.29, 1.82) is 0 Å². The Balaban J connectivity index is 2.95. The first-order valence-electron chi connectivity index (χ1n) is 5.38. The molecule has 0 aromatic carbocycles. The van der Waals surface area contributed by atoms with Gasteiger partial charge in [-0.15, -0.1) is 0 Å². The molecule has 3 N–H and O–H groups in total. The van der Waals surface area contributed by atoms with Gasteiger partial charge in [-0.2, -0.15) is 0 Å². The number of aliphatic hydroxyl groups excluding tert-OH is 2. The smallest absolute Gasteiger partial charge is 0.310 e. The van der Waals surface area contributed by atoms with Crippen LogP contribution in [-0.4, -0.2) is 34.0 Å². The summed E-state index contributed by atoms with van der Waals surface area (Å²) in [5.41, 5.74) is -1.53. The van der Waals surface area contributed by atoms with Crippen LogP contribution in [0.1, 0.15) is 39.5 Å². The molecule has 0 bridgehead atoms. The van der Waals surface area contributed by atoms with Crippen molar-refractivity contribution in [1.82, 2.24) is 0 Å². The van der Waals surface area contributed by atoms with E-state index < -0.39 is 16.8 Å². The molecule has 1 aliphatic rings.